The molecule has 2 saturated heterocycles. The van der Waals surface area contributed by atoms with E-state index in [0.29, 0.717) is 22.4 Å². The van der Waals surface area contributed by atoms with Gasteiger partial charge < -0.3 is 21.3 Å². The highest BCUT2D eigenvalue weighted by Gasteiger charge is 2.38. The first-order valence-electron chi connectivity index (χ1n) is 9.23. The second-order valence-corrected chi connectivity index (χ2v) is 7.40. The number of hydrogen-bond acceptors (Lipinski definition) is 5. The minimum atomic E-state index is -0.197. The summed E-state index contributed by atoms with van der Waals surface area (Å²) in [7, 11) is 0. The topological polar surface area (TPSA) is 83.3 Å². The van der Waals surface area contributed by atoms with Crippen LogP contribution in [0.15, 0.2) is 42.6 Å². The summed E-state index contributed by atoms with van der Waals surface area (Å²) in [4.78, 5) is 19.3. The van der Waals surface area contributed by atoms with E-state index >= 15 is 0 Å². The molecular formula is C20H25N5O. The molecule has 1 aromatic heterocycles. The zero-order valence-corrected chi connectivity index (χ0v) is 14.9. The van der Waals surface area contributed by atoms with Crippen LogP contribution in [0.1, 0.15) is 29.6 Å². The van der Waals surface area contributed by atoms with Gasteiger partial charge in [-0.05, 0) is 50.1 Å². The maximum absolute atomic E-state index is 12.4. The minimum absolute atomic E-state index is 0.197. The molecule has 2 fully saturated rings. The number of benzene rings is 1. The number of pyridine rings is 1. The standard InChI is InChI=1S/C20H25N5O/c21-16-4-1-2-5-17(16)24-19(26)15-6-7-18(23-12-15)25-11-3-8-20(14-25)9-10-22-13-20/h1-2,4-7,12,22H,3,8-11,13-14,21H2,(H,24,26). The lowest BCUT2D eigenvalue weighted by Gasteiger charge is -2.40. The Morgan fingerprint density at radius 2 is 2.12 bits per heavy atom. The van der Waals surface area contributed by atoms with E-state index in [-0.39, 0.29) is 5.91 Å². The van der Waals surface area contributed by atoms with Crippen molar-refractivity contribution in [2.45, 2.75) is 19.3 Å². The number of rotatable bonds is 3. The van der Waals surface area contributed by atoms with Crippen molar-refractivity contribution in [1.82, 2.24) is 10.3 Å². The Hall–Kier alpha value is -2.60. The lowest BCUT2D eigenvalue weighted by atomic mass is 9.79. The molecule has 6 heteroatoms. The Balaban J connectivity index is 1.45. The molecule has 1 unspecified atom stereocenters. The average molecular weight is 351 g/mol. The predicted octanol–water partition coefficient (Wildman–Crippen LogP) is 2.50. The number of aromatic nitrogens is 1. The van der Waals surface area contributed by atoms with Crippen LogP contribution in [-0.4, -0.2) is 37.1 Å². The summed E-state index contributed by atoms with van der Waals surface area (Å²) in [5.74, 6) is 0.754. The van der Waals surface area contributed by atoms with Gasteiger partial charge in [0.25, 0.3) is 5.91 Å². The maximum Gasteiger partial charge on any atom is 0.257 e. The third-order valence-electron chi connectivity index (χ3n) is 5.54. The summed E-state index contributed by atoms with van der Waals surface area (Å²) in [6, 6.07) is 11.0. The van der Waals surface area contributed by atoms with Gasteiger partial charge in [-0.25, -0.2) is 4.98 Å². The number of piperidine rings is 1. The molecule has 2 aliphatic heterocycles. The third kappa shape index (κ3) is 3.37. The van der Waals surface area contributed by atoms with Crippen molar-refractivity contribution in [3.05, 3.63) is 48.2 Å². The van der Waals surface area contributed by atoms with Crippen LogP contribution in [-0.2, 0) is 0 Å². The lowest BCUT2D eigenvalue weighted by Crippen LogP contribution is -2.44. The Morgan fingerprint density at radius 1 is 1.23 bits per heavy atom. The van der Waals surface area contributed by atoms with Gasteiger partial charge in [0.1, 0.15) is 5.82 Å². The predicted molar refractivity (Wildman–Crippen MR) is 104 cm³/mol. The molecule has 1 aromatic carbocycles. The first-order chi connectivity index (χ1) is 12.7. The van der Waals surface area contributed by atoms with Crippen LogP contribution in [0.4, 0.5) is 17.2 Å². The van der Waals surface area contributed by atoms with Crippen molar-refractivity contribution < 1.29 is 4.79 Å². The number of para-hydroxylation sites is 2. The second kappa shape index (κ2) is 6.96. The number of carbonyl (C=O) groups is 1. The van der Waals surface area contributed by atoms with E-state index < -0.39 is 0 Å². The number of nitrogens with one attached hydrogen (secondary N) is 2. The second-order valence-electron chi connectivity index (χ2n) is 7.40. The molecule has 2 aliphatic rings. The fraction of sp³-hybridized carbons (Fsp3) is 0.400. The molecule has 0 radical (unpaired) electrons. The molecule has 136 valence electrons. The molecule has 0 aliphatic carbocycles. The molecule has 26 heavy (non-hydrogen) atoms. The van der Waals surface area contributed by atoms with E-state index in [1.807, 2.05) is 24.3 Å². The van der Waals surface area contributed by atoms with Gasteiger partial charge >= 0.3 is 0 Å². The summed E-state index contributed by atoms with van der Waals surface area (Å²) in [5.41, 5.74) is 7.98. The SMILES string of the molecule is Nc1ccccc1NC(=O)c1ccc(N2CCCC3(CCNC3)C2)nc1. The number of hydrogen-bond donors (Lipinski definition) is 3. The van der Waals surface area contributed by atoms with Crippen molar-refractivity contribution >= 4 is 23.1 Å². The first kappa shape index (κ1) is 16.8. The van der Waals surface area contributed by atoms with Gasteiger partial charge in [-0.2, -0.15) is 0 Å². The smallest absolute Gasteiger partial charge is 0.257 e. The van der Waals surface area contributed by atoms with Gasteiger partial charge in [-0.3, -0.25) is 4.79 Å². The Labute approximate surface area is 153 Å². The highest BCUT2D eigenvalue weighted by Crippen LogP contribution is 2.36. The van der Waals surface area contributed by atoms with Crippen molar-refractivity contribution in [2.75, 3.05) is 42.1 Å². The average Bonchev–Trinajstić information content (AvgIpc) is 3.11. The quantitative estimate of drug-likeness (QED) is 0.740. The number of nitrogen functional groups attached to an aromatic ring is 1. The fourth-order valence-corrected chi connectivity index (χ4v) is 4.06. The molecule has 3 heterocycles. The summed E-state index contributed by atoms with van der Waals surface area (Å²) < 4.78 is 0. The van der Waals surface area contributed by atoms with E-state index in [1.165, 1.54) is 19.3 Å². The van der Waals surface area contributed by atoms with Gasteiger partial charge in [0.05, 0.1) is 16.9 Å². The van der Waals surface area contributed by atoms with E-state index in [4.69, 9.17) is 5.73 Å². The minimum Gasteiger partial charge on any atom is -0.397 e. The van der Waals surface area contributed by atoms with Crippen LogP contribution < -0.4 is 21.3 Å². The molecular weight excluding hydrogens is 326 g/mol. The van der Waals surface area contributed by atoms with Crippen molar-refractivity contribution in [3.8, 4) is 0 Å². The van der Waals surface area contributed by atoms with E-state index in [9.17, 15) is 4.79 Å². The van der Waals surface area contributed by atoms with Gasteiger partial charge in [0.2, 0.25) is 0 Å². The monoisotopic (exact) mass is 351 g/mol. The Bertz CT molecular complexity index is 783. The summed E-state index contributed by atoms with van der Waals surface area (Å²) in [6.45, 7) is 4.28. The maximum atomic E-state index is 12.4. The van der Waals surface area contributed by atoms with Crippen molar-refractivity contribution in [2.24, 2.45) is 5.41 Å². The molecule has 0 saturated carbocycles. The van der Waals surface area contributed by atoms with E-state index in [2.05, 4.69) is 20.5 Å². The number of carbonyl (C=O) groups excluding carboxylic acids is 1. The van der Waals surface area contributed by atoms with E-state index in [0.717, 1.165) is 32.0 Å². The Morgan fingerprint density at radius 3 is 2.85 bits per heavy atom. The number of nitrogens with zero attached hydrogens (tertiary/aromatic N) is 2. The number of anilines is 3. The van der Waals surface area contributed by atoms with Crippen LogP contribution >= 0.6 is 0 Å². The molecule has 1 amide bonds. The number of amides is 1. The van der Waals surface area contributed by atoms with Crippen molar-refractivity contribution in [1.29, 1.82) is 0 Å². The largest absolute Gasteiger partial charge is 0.397 e. The lowest BCUT2D eigenvalue weighted by molar-refractivity contribution is 0.102. The Kier molecular flexibility index (Phi) is 4.51. The van der Waals surface area contributed by atoms with Crippen molar-refractivity contribution in [3.63, 3.8) is 0 Å². The normalized spacial score (nSPS) is 22.5. The van der Waals surface area contributed by atoms with Crippen LogP contribution in [0.2, 0.25) is 0 Å². The highest BCUT2D eigenvalue weighted by molar-refractivity contribution is 6.05. The molecule has 1 atom stereocenters. The zero-order valence-electron chi connectivity index (χ0n) is 14.9. The number of nitrogens with two attached hydrogens (primary N) is 1. The van der Waals surface area contributed by atoms with Crippen LogP contribution in [0.5, 0.6) is 0 Å². The van der Waals surface area contributed by atoms with Gasteiger partial charge in [-0.15, -0.1) is 0 Å². The summed E-state index contributed by atoms with van der Waals surface area (Å²) in [5, 5.41) is 6.34. The molecule has 0 bridgehead atoms. The van der Waals surface area contributed by atoms with E-state index in [1.54, 1.807) is 18.3 Å². The molecule has 2 aromatic rings. The molecule has 4 rings (SSSR count). The van der Waals surface area contributed by atoms with Gasteiger partial charge in [0.15, 0.2) is 0 Å². The highest BCUT2D eigenvalue weighted by atomic mass is 16.1. The summed E-state index contributed by atoms with van der Waals surface area (Å²) in [6.07, 6.45) is 5.37. The molecule has 4 N–H and O–H groups in total. The molecule has 1 spiro atoms. The van der Waals surface area contributed by atoms with Crippen LogP contribution in [0, 0.1) is 5.41 Å². The third-order valence-corrected chi connectivity index (χ3v) is 5.54. The van der Waals surface area contributed by atoms with Crippen LogP contribution in [0.25, 0.3) is 0 Å². The first-order valence-corrected chi connectivity index (χ1v) is 9.23. The fourth-order valence-electron chi connectivity index (χ4n) is 4.06. The van der Waals surface area contributed by atoms with Gasteiger partial charge in [0, 0.05) is 31.2 Å². The summed E-state index contributed by atoms with van der Waals surface area (Å²) >= 11 is 0. The van der Waals surface area contributed by atoms with Crippen LogP contribution in [0.3, 0.4) is 0 Å². The van der Waals surface area contributed by atoms with Gasteiger partial charge in [-0.1, -0.05) is 12.1 Å². The zero-order chi connectivity index (χ0) is 18.0. The molecule has 6 nitrogen and oxygen atoms in total.